The summed E-state index contributed by atoms with van der Waals surface area (Å²) in [5.74, 6) is -3.96. The number of hydrogen-bond donors (Lipinski definition) is 1. The molecule has 1 fully saturated rings. The number of imide groups is 1. The van der Waals surface area contributed by atoms with Gasteiger partial charge in [0.1, 0.15) is 13.2 Å². The molecule has 0 atom stereocenters. The van der Waals surface area contributed by atoms with Crippen LogP contribution in [-0.4, -0.2) is 23.8 Å². The lowest BCUT2D eigenvalue weighted by Crippen LogP contribution is -2.47. The molecule has 2 aromatic rings. The van der Waals surface area contributed by atoms with Crippen LogP contribution in [0.2, 0.25) is 0 Å². The Morgan fingerprint density at radius 1 is 0.815 bits per heavy atom. The Kier molecular flexibility index (Phi) is 5.30. The lowest BCUT2D eigenvalue weighted by Gasteiger charge is -2.21. The molecule has 27 heavy (non-hydrogen) atoms. The summed E-state index contributed by atoms with van der Waals surface area (Å²) >= 11 is 0. The highest BCUT2D eigenvalue weighted by molar-refractivity contribution is 6.27. The van der Waals surface area contributed by atoms with E-state index in [1.807, 2.05) is 5.32 Å². The Hall–Kier alpha value is -3.48. The van der Waals surface area contributed by atoms with Gasteiger partial charge in [-0.05, 0) is 11.1 Å². The van der Waals surface area contributed by atoms with Crippen molar-refractivity contribution in [2.45, 2.75) is 19.6 Å². The second-order valence-corrected chi connectivity index (χ2v) is 6.08. The second kappa shape index (κ2) is 7.82. The Morgan fingerprint density at radius 2 is 1.26 bits per heavy atom. The Morgan fingerprint density at radius 3 is 1.63 bits per heavy atom. The van der Waals surface area contributed by atoms with Crippen molar-refractivity contribution in [2.75, 3.05) is 0 Å². The van der Waals surface area contributed by atoms with Gasteiger partial charge >= 0.3 is 11.9 Å². The van der Waals surface area contributed by atoms with Crippen molar-refractivity contribution in [3.05, 3.63) is 71.8 Å². The monoisotopic (exact) mass is 367 g/mol. The summed E-state index contributed by atoms with van der Waals surface area (Å²) in [6, 6.07) is 17.6. The SMILES string of the molecule is O=C1CC(C(=O)OCc2ccccc2)(C(=O)OCc2ccccc2)C(=O)N1. The van der Waals surface area contributed by atoms with Crippen molar-refractivity contribution in [3.8, 4) is 0 Å². The van der Waals surface area contributed by atoms with Gasteiger partial charge < -0.3 is 9.47 Å². The van der Waals surface area contributed by atoms with Gasteiger partial charge in [0, 0.05) is 0 Å². The quantitative estimate of drug-likeness (QED) is 0.472. The van der Waals surface area contributed by atoms with Gasteiger partial charge in [-0.3, -0.25) is 24.5 Å². The average Bonchev–Trinajstić information content (AvgIpc) is 3.00. The van der Waals surface area contributed by atoms with Crippen molar-refractivity contribution in [3.63, 3.8) is 0 Å². The maximum Gasteiger partial charge on any atom is 0.334 e. The number of nitrogens with one attached hydrogen (secondary N) is 1. The van der Waals surface area contributed by atoms with Gasteiger partial charge in [0.25, 0.3) is 11.3 Å². The van der Waals surface area contributed by atoms with Crippen LogP contribution in [0.1, 0.15) is 17.5 Å². The highest BCUT2D eigenvalue weighted by atomic mass is 16.6. The normalized spacial score (nSPS) is 15.1. The largest absolute Gasteiger partial charge is 0.460 e. The van der Waals surface area contributed by atoms with Crippen LogP contribution in [0.5, 0.6) is 0 Å². The second-order valence-electron chi connectivity index (χ2n) is 6.08. The molecule has 1 saturated heterocycles. The molecule has 1 N–H and O–H groups in total. The van der Waals surface area contributed by atoms with Crippen LogP contribution in [0.4, 0.5) is 0 Å². The first-order valence-corrected chi connectivity index (χ1v) is 8.29. The molecule has 0 radical (unpaired) electrons. The highest BCUT2D eigenvalue weighted by Gasteiger charge is 2.61. The zero-order valence-electron chi connectivity index (χ0n) is 14.3. The number of benzene rings is 2. The number of amides is 2. The molecule has 138 valence electrons. The van der Waals surface area contributed by atoms with E-state index in [4.69, 9.17) is 9.47 Å². The molecule has 1 aliphatic heterocycles. The Bertz CT molecular complexity index is 807. The maximum absolute atomic E-state index is 12.6. The predicted molar refractivity (Wildman–Crippen MR) is 92.7 cm³/mol. The highest BCUT2D eigenvalue weighted by Crippen LogP contribution is 2.32. The molecule has 7 heteroatoms. The molecular formula is C20H17NO6. The van der Waals surface area contributed by atoms with Gasteiger partial charge in [-0.1, -0.05) is 60.7 Å². The number of hydrogen-bond acceptors (Lipinski definition) is 6. The fraction of sp³-hybridized carbons (Fsp3) is 0.200. The molecule has 1 heterocycles. The van der Waals surface area contributed by atoms with Crippen LogP contribution in [0.3, 0.4) is 0 Å². The number of esters is 2. The van der Waals surface area contributed by atoms with Crippen molar-refractivity contribution in [1.29, 1.82) is 0 Å². The van der Waals surface area contributed by atoms with E-state index in [0.29, 0.717) is 11.1 Å². The van der Waals surface area contributed by atoms with E-state index in [-0.39, 0.29) is 13.2 Å². The first-order chi connectivity index (χ1) is 13.0. The molecule has 0 bridgehead atoms. The number of ether oxygens (including phenoxy) is 2. The summed E-state index contributed by atoms with van der Waals surface area (Å²) in [5, 5.41) is 1.99. The van der Waals surface area contributed by atoms with Crippen LogP contribution in [0.25, 0.3) is 0 Å². The fourth-order valence-electron chi connectivity index (χ4n) is 2.70. The average molecular weight is 367 g/mol. The van der Waals surface area contributed by atoms with E-state index in [2.05, 4.69) is 0 Å². The van der Waals surface area contributed by atoms with Crippen LogP contribution >= 0.6 is 0 Å². The predicted octanol–water partition coefficient (Wildman–Crippen LogP) is 1.51. The van der Waals surface area contributed by atoms with Crippen molar-refractivity contribution < 1.29 is 28.7 Å². The van der Waals surface area contributed by atoms with Gasteiger partial charge in [-0.25, -0.2) is 0 Å². The molecule has 2 amide bonds. The van der Waals surface area contributed by atoms with Crippen LogP contribution in [0, 0.1) is 5.41 Å². The van der Waals surface area contributed by atoms with Crippen LogP contribution in [0.15, 0.2) is 60.7 Å². The molecule has 2 aromatic carbocycles. The number of rotatable bonds is 6. The zero-order valence-corrected chi connectivity index (χ0v) is 14.3. The lowest BCUT2D eigenvalue weighted by molar-refractivity contribution is -0.176. The minimum Gasteiger partial charge on any atom is -0.460 e. The lowest BCUT2D eigenvalue weighted by atomic mass is 9.86. The summed E-state index contributed by atoms with van der Waals surface area (Å²) in [4.78, 5) is 49.2. The standard InChI is InChI=1S/C20H17NO6/c22-16-11-20(17(23)21-16,18(24)26-12-14-7-3-1-4-8-14)19(25)27-13-15-9-5-2-6-10-15/h1-10H,11-13H2,(H,21,22,23). The van der Waals surface area contributed by atoms with E-state index in [1.54, 1.807) is 60.7 Å². The Balaban J connectivity index is 1.75. The van der Waals surface area contributed by atoms with E-state index in [9.17, 15) is 19.2 Å². The molecule has 0 aliphatic carbocycles. The van der Waals surface area contributed by atoms with E-state index in [1.165, 1.54) is 0 Å². The van der Waals surface area contributed by atoms with E-state index < -0.39 is 35.6 Å². The summed E-state index contributed by atoms with van der Waals surface area (Å²) in [6.45, 7) is -0.260. The first-order valence-electron chi connectivity index (χ1n) is 8.29. The minimum absolute atomic E-state index is 0.130. The molecule has 0 saturated carbocycles. The molecule has 1 aliphatic rings. The van der Waals surface area contributed by atoms with Crippen molar-refractivity contribution in [1.82, 2.24) is 5.32 Å². The summed E-state index contributed by atoms with van der Waals surface area (Å²) in [7, 11) is 0. The smallest absolute Gasteiger partial charge is 0.334 e. The molecule has 7 nitrogen and oxygen atoms in total. The third kappa shape index (κ3) is 3.87. The summed E-state index contributed by atoms with van der Waals surface area (Å²) in [5.41, 5.74) is -0.951. The van der Waals surface area contributed by atoms with Crippen LogP contribution < -0.4 is 5.32 Å². The zero-order chi connectivity index (χ0) is 19.3. The summed E-state index contributed by atoms with van der Waals surface area (Å²) < 4.78 is 10.3. The topological polar surface area (TPSA) is 98.8 Å². The molecule has 0 spiro atoms. The number of carbonyl (C=O) groups is 4. The maximum atomic E-state index is 12.6. The first kappa shape index (κ1) is 18.3. The molecule has 0 aromatic heterocycles. The fourth-order valence-corrected chi connectivity index (χ4v) is 2.70. The summed E-state index contributed by atoms with van der Waals surface area (Å²) in [6.07, 6.45) is -0.632. The van der Waals surface area contributed by atoms with Gasteiger partial charge in [-0.2, -0.15) is 0 Å². The molecule has 0 unspecified atom stereocenters. The molecule has 3 rings (SSSR count). The van der Waals surface area contributed by atoms with Crippen molar-refractivity contribution in [2.24, 2.45) is 5.41 Å². The van der Waals surface area contributed by atoms with Gasteiger partial charge in [0.15, 0.2) is 0 Å². The third-order valence-electron chi connectivity index (χ3n) is 4.19. The minimum atomic E-state index is -2.32. The van der Waals surface area contributed by atoms with Gasteiger partial charge in [0.05, 0.1) is 6.42 Å². The van der Waals surface area contributed by atoms with Gasteiger partial charge in [-0.15, -0.1) is 0 Å². The van der Waals surface area contributed by atoms with E-state index >= 15 is 0 Å². The molecular weight excluding hydrogens is 350 g/mol. The van der Waals surface area contributed by atoms with Crippen molar-refractivity contribution >= 4 is 23.8 Å². The van der Waals surface area contributed by atoms with Gasteiger partial charge in [0.2, 0.25) is 5.91 Å². The number of carbonyl (C=O) groups excluding carboxylic acids is 4. The van der Waals surface area contributed by atoms with E-state index in [0.717, 1.165) is 0 Å². The third-order valence-corrected chi connectivity index (χ3v) is 4.19. The van der Waals surface area contributed by atoms with Crippen LogP contribution in [-0.2, 0) is 41.9 Å². The Labute approximate surface area is 155 Å².